The van der Waals surface area contributed by atoms with Crippen molar-refractivity contribution in [1.29, 1.82) is 0 Å². The van der Waals surface area contributed by atoms with E-state index in [1.165, 1.54) is 12.4 Å². The number of para-hydroxylation sites is 2. The van der Waals surface area contributed by atoms with Gasteiger partial charge in [0.1, 0.15) is 0 Å². The van der Waals surface area contributed by atoms with Crippen LogP contribution >= 0.6 is 0 Å². The molecule has 0 aromatic heterocycles. The minimum Gasteiger partial charge on any atom is -0.284 e. The lowest BCUT2D eigenvalue weighted by molar-refractivity contribution is -0.718. The SMILES string of the molecule is O/[N+](=C\C=[N+](/O)c1ccccc1)c1ccccc1. The lowest BCUT2D eigenvalue weighted by atomic mass is 10.3. The Kier molecular flexibility index (Phi) is 3.71. The molecule has 0 saturated carbocycles. The normalized spacial score (nSPS) is 12.4. The number of nitrogens with zero attached hydrogens (tertiary/aromatic N) is 2. The highest BCUT2D eigenvalue weighted by Gasteiger charge is 2.09. The molecule has 0 unspecified atom stereocenters. The standard InChI is InChI=1S/C14H14N2O2/c17-15(13-7-3-1-4-8-13)11-12-16(18)14-9-5-2-6-10-14/h1-12,17-18H/q+2/b15-11-,16-12-. The second kappa shape index (κ2) is 5.63. The highest BCUT2D eigenvalue weighted by atomic mass is 16.5. The first-order valence-corrected chi connectivity index (χ1v) is 5.52. The lowest BCUT2D eigenvalue weighted by Gasteiger charge is -1.90. The Balaban J connectivity index is 2.20. The third kappa shape index (κ3) is 2.95. The van der Waals surface area contributed by atoms with Gasteiger partial charge in [0.2, 0.25) is 0 Å². The largest absolute Gasteiger partial charge is 0.291 e. The highest BCUT2D eigenvalue weighted by molar-refractivity contribution is 6.11. The first-order chi connectivity index (χ1) is 8.77. The van der Waals surface area contributed by atoms with Crippen LogP contribution in [0.2, 0.25) is 0 Å². The van der Waals surface area contributed by atoms with Gasteiger partial charge < -0.3 is 0 Å². The summed E-state index contributed by atoms with van der Waals surface area (Å²) < 4.78 is 1.87. The van der Waals surface area contributed by atoms with E-state index in [2.05, 4.69) is 0 Å². The summed E-state index contributed by atoms with van der Waals surface area (Å²) in [5.74, 6) is 0. The molecule has 2 N–H and O–H groups in total. The molecule has 0 fully saturated rings. The fourth-order valence-corrected chi connectivity index (χ4v) is 1.46. The van der Waals surface area contributed by atoms with Crippen molar-refractivity contribution in [2.75, 3.05) is 0 Å². The minimum atomic E-state index is 0.621. The third-order valence-electron chi connectivity index (χ3n) is 2.39. The van der Waals surface area contributed by atoms with E-state index in [4.69, 9.17) is 0 Å². The fraction of sp³-hybridized carbons (Fsp3) is 0. The van der Waals surface area contributed by atoms with Crippen molar-refractivity contribution < 1.29 is 19.9 Å². The quantitative estimate of drug-likeness (QED) is 0.376. The first-order valence-electron chi connectivity index (χ1n) is 5.52. The minimum absolute atomic E-state index is 0.621. The molecule has 0 aliphatic heterocycles. The van der Waals surface area contributed by atoms with Crippen LogP contribution in [0.3, 0.4) is 0 Å². The maximum Gasteiger partial charge on any atom is 0.291 e. The molecule has 0 amide bonds. The Morgan fingerprint density at radius 3 is 1.28 bits per heavy atom. The van der Waals surface area contributed by atoms with Gasteiger partial charge in [-0.3, -0.25) is 10.4 Å². The molecule has 0 saturated heterocycles. The van der Waals surface area contributed by atoms with Gasteiger partial charge in [0.05, 0.1) is 0 Å². The van der Waals surface area contributed by atoms with E-state index in [-0.39, 0.29) is 0 Å². The average molecular weight is 242 g/mol. The van der Waals surface area contributed by atoms with Gasteiger partial charge in [-0.2, -0.15) is 0 Å². The Bertz CT molecular complexity index is 509. The van der Waals surface area contributed by atoms with Crippen LogP contribution in [0, 0.1) is 0 Å². The summed E-state index contributed by atoms with van der Waals surface area (Å²) in [6, 6.07) is 18.0. The molecule has 0 aliphatic carbocycles. The molecule has 0 radical (unpaired) electrons. The summed E-state index contributed by atoms with van der Waals surface area (Å²) in [5, 5.41) is 19.5. The maximum absolute atomic E-state index is 9.73. The topological polar surface area (TPSA) is 46.5 Å². The molecule has 0 bridgehead atoms. The molecule has 2 aromatic rings. The second-order valence-electron chi connectivity index (χ2n) is 3.66. The van der Waals surface area contributed by atoms with Crippen molar-refractivity contribution in [2.45, 2.75) is 0 Å². The van der Waals surface area contributed by atoms with Crippen LogP contribution in [-0.2, 0) is 0 Å². The van der Waals surface area contributed by atoms with E-state index in [0.29, 0.717) is 11.4 Å². The molecule has 4 heteroatoms. The smallest absolute Gasteiger partial charge is 0.284 e. The second-order valence-corrected chi connectivity index (χ2v) is 3.66. The molecule has 0 aliphatic rings. The van der Waals surface area contributed by atoms with E-state index in [0.717, 1.165) is 9.48 Å². The monoisotopic (exact) mass is 242 g/mol. The zero-order valence-electron chi connectivity index (χ0n) is 9.72. The predicted octanol–water partition coefficient (Wildman–Crippen LogP) is 2.59. The summed E-state index contributed by atoms with van der Waals surface area (Å²) in [6.45, 7) is 0. The van der Waals surface area contributed by atoms with E-state index < -0.39 is 0 Å². The fourth-order valence-electron chi connectivity index (χ4n) is 1.46. The van der Waals surface area contributed by atoms with Crippen molar-refractivity contribution in [2.24, 2.45) is 0 Å². The molecule has 18 heavy (non-hydrogen) atoms. The maximum atomic E-state index is 9.73. The lowest BCUT2D eigenvalue weighted by Crippen LogP contribution is -2.08. The molecule has 90 valence electrons. The molecule has 4 nitrogen and oxygen atoms in total. The third-order valence-corrected chi connectivity index (χ3v) is 2.39. The number of rotatable bonds is 3. The molecule has 0 atom stereocenters. The number of hydrogen-bond donors (Lipinski definition) is 2. The highest BCUT2D eigenvalue weighted by Crippen LogP contribution is 2.08. The van der Waals surface area contributed by atoms with Crippen LogP contribution in [0.1, 0.15) is 0 Å². The van der Waals surface area contributed by atoms with Gasteiger partial charge >= 0.3 is 0 Å². The van der Waals surface area contributed by atoms with Crippen molar-refractivity contribution in [1.82, 2.24) is 0 Å². The Hall–Kier alpha value is -2.62. The molecule has 2 rings (SSSR count). The van der Waals surface area contributed by atoms with Crippen LogP contribution in [0.15, 0.2) is 60.7 Å². The predicted molar refractivity (Wildman–Crippen MR) is 68.4 cm³/mol. The van der Waals surface area contributed by atoms with Crippen LogP contribution < -0.4 is 0 Å². The van der Waals surface area contributed by atoms with Crippen LogP contribution in [-0.4, -0.2) is 32.3 Å². The summed E-state index contributed by atoms with van der Waals surface area (Å²) >= 11 is 0. The summed E-state index contributed by atoms with van der Waals surface area (Å²) in [4.78, 5) is 0. The van der Waals surface area contributed by atoms with Gasteiger partial charge in [0.25, 0.3) is 23.8 Å². The van der Waals surface area contributed by atoms with Crippen LogP contribution in [0.5, 0.6) is 0 Å². The van der Waals surface area contributed by atoms with E-state index in [1.807, 2.05) is 36.4 Å². The number of hydrogen-bond acceptors (Lipinski definition) is 2. The van der Waals surface area contributed by atoms with Gasteiger partial charge in [-0.15, -0.1) is 0 Å². The Morgan fingerprint density at radius 2 is 0.944 bits per heavy atom. The average Bonchev–Trinajstić information content (AvgIpc) is 2.46. The molecule has 0 spiro atoms. The van der Waals surface area contributed by atoms with E-state index >= 15 is 0 Å². The summed E-state index contributed by atoms with van der Waals surface area (Å²) in [6.07, 6.45) is 2.73. The van der Waals surface area contributed by atoms with Gasteiger partial charge in [0.15, 0.2) is 0 Å². The van der Waals surface area contributed by atoms with Crippen molar-refractivity contribution in [3.8, 4) is 0 Å². The summed E-state index contributed by atoms with van der Waals surface area (Å²) in [7, 11) is 0. The molecule has 0 heterocycles. The van der Waals surface area contributed by atoms with Gasteiger partial charge in [-0.05, 0) is 0 Å². The van der Waals surface area contributed by atoms with E-state index in [9.17, 15) is 10.4 Å². The Morgan fingerprint density at radius 1 is 0.611 bits per heavy atom. The zero-order chi connectivity index (χ0) is 12.8. The van der Waals surface area contributed by atoms with Gasteiger partial charge in [0, 0.05) is 33.7 Å². The van der Waals surface area contributed by atoms with Crippen molar-refractivity contribution >= 4 is 23.8 Å². The van der Waals surface area contributed by atoms with Gasteiger partial charge in [-0.25, -0.2) is 0 Å². The molecular formula is C14H14N2O2+2. The van der Waals surface area contributed by atoms with Crippen LogP contribution in [0.4, 0.5) is 11.4 Å². The first kappa shape index (κ1) is 11.9. The zero-order valence-corrected chi connectivity index (χ0v) is 9.72. The summed E-state index contributed by atoms with van der Waals surface area (Å²) in [5.41, 5.74) is 1.24. The van der Waals surface area contributed by atoms with Crippen molar-refractivity contribution in [3.05, 3.63) is 60.7 Å². The van der Waals surface area contributed by atoms with Crippen LogP contribution in [0.25, 0.3) is 0 Å². The Labute approximate surface area is 105 Å². The van der Waals surface area contributed by atoms with E-state index in [1.54, 1.807) is 24.3 Å². The van der Waals surface area contributed by atoms with Crippen molar-refractivity contribution in [3.63, 3.8) is 0 Å². The molecule has 2 aromatic carbocycles. The number of benzene rings is 2. The van der Waals surface area contributed by atoms with Gasteiger partial charge in [-0.1, -0.05) is 36.4 Å². The molecular weight excluding hydrogens is 228 g/mol.